The Balaban J connectivity index is 1.76. The number of rotatable bonds is 4. The van der Waals surface area contributed by atoms with Crippen LogP contribution >= 0.6 is 0 Å². The van der Waals surface area contributed by atoms with Crippen molar-refractivity contribution in [2.45, 2.75) is 63.1 Å². The van der Waals surface area contributed by atoms with E-state index in [-0.39, 0.29) is 35.7 Å². The van der Waals surface area contributed by atoms with Crippen LogP contribution in [0.25, 0.3) is 10.9 Å². The standard InChI is InChI=1S/C24H30N2O4/c1-13(27)10-20-15-11-18(14(2)28)22-24(12-15,23(29)30-3)21-17(8-9-26(20)22)16-6-4-5-7-19(16)25-21/h4-7,14-15,18,20,22,25,28H,8-12H2,1-3H3. The minimum absolute atomic E-state index is 0.0385. The molecule has 0 amide bonds. The zero-order valence-corrected chi connectivity index (χ0v) is 17.9. The predicted octanol–water partition coefficient (Wildman–Crippen LogP) is 2.57. The maximum atomic E-state index is 13.6. The molecule has 6 rings (SSSR count). The molecule has 4 heterocycles. The molecule has 7 unspecified atom stereocenters. The Hall–Kier alpha value is -2.18. The summed E-state index contributed by atoms with van der Waals surface area (Å²) in [5, 5.41) is 11.9. The van der Waals surface area contributed by atoms with Gasteiger partial charge in [-0.15, -0.1) is 0 Å². The summed E-state index contributed by atoms with van der Waals surface area (Å²) in [5.74, 6) is 0.0697. The van der Waals surface area contributed by atoms with Crippen molar-refractivity contribution in [3.05, 3.63) is 35.5 Å². The first-order valence-electron chi connectivity index (χ1n) is 11.0. The third-order valence-electron chi connectivity index (χ3n) is 7.94. The van der Waals surface area contributed by atoms with Gasteiger partial charge in [0, 0.05) is 47.6 Å². The monoisotopic (exact) mass is 410 g/mol. The summed E-state index contributed by atoms with van der Waals surface area (Å²) in [6.45, 7) is 4.25. The summed E-state index contributed by atoms with van der Waals surface area (Å²) < 4.78 is 5.44. The van der Waals surface area contributed by atoms with Gasteiger partial charge in [0.15, 0.2) is 0 Å². The van der Waals surface area contributed by atoms with E-state index in [1.54, 1.807) is 6.92 Å². The minimum atomic E-state index is -0.850. The van der Waals surface area contributed by atoms with Crippen molar-refractivity contribution in [2.75, 3.05) is 13.7 Å². The highest BCUT2D eigenvalue weighted by atomic mass is 16.5. The number of fused-ring (bicyclic) bond motifs is 4. The number of nitrogens with zero attached hydrogens (tertiary/aromatic N) is 1. The molecule has 4 bridgehead atoms. The quantitative estimate of drug-likeness (QED) is 0.757. The molecule has 2 saturated heterocycles. The Morgan fingerprint density at radius 2 is 2.13 bits per heavy atom. The summed E-state index contributed by atoms with van der Waals surface area (Å²) >= 11 is 0. The molecule has 1 aromatic heterocycles. The molecule has 1 aromatic carbocycles. The average molecular weight is 411 g/mol. The fraction of sp³-hybridized carbons (Fsp3) is 0.583. The lowest BCUT2D eigenvalue weighted by Gasteiger charge is -2.62. The number of ketones is 1. The van der Waals surface area contributed by atoms with Gasteiger partial charge in [0.2, 0.25) is 0 Å². The second-order valence-electron chi connectivity index (χ2n) is 9.50. The largest absolute Gasteiger partial charge is 0.468 e. The number of aromatic amines is 1. The number of esters is 1. The van der Waals surface area contributed by atoms with Gasteiger partial charge in [-0.3, -0.25) is 14.5 Å². The Morgan fingerprint density at radius 3 is 2.83 bits per heavy atom. The van der Waals surface area contributed by atoms with Crippen molar-refractivity contribution in [3.63, 3.8) is 0 Å². The van der Waals surface area contributed by atoms with Gasteiger partial charge >= 0.3 is 5.97 Å². The zero-order valence-electron chi connectivity index (χ0n) is 17.9. The highest BCUT2D eigenvalue weighted by Crippen LogP contribution is 2.57. The molecular weight excluding hydrogens is 380 g/mol. The van der Waals surface area contributed by atoms with E-state index >= 15 is 0 Å². The summed E-state index contributed by atoms with van der Waals surface area (Å²) in [6.07, 6.45) is 2.27. The van der Waals surface area contributed by atoms with E-state index in [9.17, 15) is 14.7 Å². The van der Waals surface area contributed by atoms with Crippen LogP contribution in [0.4, 0.5) is 0 Å². The molecule has 4 aliphatic rings. The van der Waals surface area contributed by atoms with E-state index in [2.05, 4.69) is 22.0 Å². The van der Waals surface area contributed by atoms with Crippen LogP contribution in [0.2, 0.25) is 0 Å². The number of carbonyl (C=O) groups is 2. The van der Waals surface area contributed by atoms with Crippen LogP contribution in [0.15, 0.2) is 24.3 Å². The number of hydrogen-bond donors (Lipinski definition) is 2. The molecule has 0 spiro atoms. The van der Waals surface area contributed by atoms with Crippen LogP contribution in [0.3, 0.4) is 0 Å². The maximum absolute atomic E-state index is 13.6. The number of para-hydroxylation sites is 1. The van der Waals surface area contributed by atoms with Crippen LogP contribution in [0.5, 0.6) is 0 Å². The summed E-state index contributed by atoms with van der Waals surface area (Å²) in [7, 11) is 1.46. The molecule has 160 valence electrons. The smallest absolute Gasteiger partial charge is 0.319 e. The fourth-order valence-electron chi connectivity index (χ4n) is 6.92. The lowest BCUT2D eigenvalue weighted by atomic mass is 9.53. The van der Waals surface area contributed by atoms with Gasteiger partial charge in [-0.2, -0.15) is 0 Å². The van der Waals surface area contributed by atoms with Gasteiger partial charge in [-0.05, 0) is 50.7 Å². The lowest BCUT2D eigenvalue weighted by molar-refractivity contribution is -0.174. The fourth-order valence-corrected chi connectivity index (χ4v) is 6.92. The molecule has 30 heavy (non-hydrogen) atoms. The molecule has 0 radical (unpaired) electrons. The van der Waals surface area contributed by atoms with E-state index in [1.165, 1.54) is 12.7 Å². The number of H-pyrrole nitrogens is 1. The number of Topliss-reactive ketones (excluding diaryl/α,β-unsaturated/α-hetero) is 1. The minimum Gasteiger partial charge on any atom is -0.468 e. The number of aliphatic hydroxyl groups excluding tert-OH is 1. The zero-order chi connectivity index (χ0) is 21.2. The molecule has 2 aromatic rings. The number of carbonyl (C=O) groups excluding carboxylic acids is 2. The van der Waals surface area contributed by atoms with E-state index in [0.29, 0.717) is 12.8 Å². The number of benzene rings is 1. The number of aromatic nitrogens is 1. The number of ether oxygens (including phenoxy) is 1. The Labute approximate surface area is 176 Å². The van der Waals surface area contributed by atoms with Gasteiger partial charge in [0.1, 0.15) is 11.2 Å². The molecule has 7 atom stereocenters. The van der Waals surface area contributed by atoms with Gasteiger partial charge in [-0.25, -0.2) is 0 Å². The third-order valence-corrected chi connectivity index (χ3v) is 7.94. The van der Waals surface area contributed by atoms with Crippen molar-refractivity contribution >= 4 is 22.7 Å². The third kappa shape index (κ3) is 2.56. The first-order valence-corrected chi connectivity index (χ1v) is 11.0. The van der Waals surface area contributed by atoms with E-state index in [1.807, 2.05) is 19.1 Å². The molecule has 3 aliphatic heterocycles. The average Bonchev–Trinajstić information content (AvgIpc) is 3.05. The van der Waals surface area contributed by atoms with Crippen LogP contribution in [0, 0.1) is 11.8 Å². The second-order valence-corrected chi connectivity index (χ2v) is 9.50. The van der Waals surface area contributed by atoms with Crippen molar-refractivity contribution < 1.29 is 19.4 Å². The summed E-state index contributed by atoms with van der Waals surface area (Å²) in [5.41, 5.74) is 2.32. The number of methoxy groups -OCH3 is 1. The molecule has 2 N–H and O–H groups in total. The molecule has 1 saturated carbocycles. The maximum Gasteiger partial charge on any atom is 0.319 e. The van der Waals surface area contributed by atoms with Gasteiger partial charge in [-0.1, -0.05) is 18.2 Å². The normalized spacial score (nSPS) is 35.5. The van der Waals surface area contributed by atoms with Crippen LogP contribution in [0.1, 0.15) is 44.4 Å². The second kappa shape index (κ2) is 6.92. The molecule has 3 fully saturated rings. The van der Waals surface area contributed by atoms with Crippen molar-refractivity contribution in [3.8, 4) is 0 Å². The van der Waals surface area contributed by atoms with Crippen LogP contribution < -0.4 is 0 Å². The highest BCUT2D eigenvalue weighted by molar-refractivity contribution is 5.92. The van der Waals surface area contributed by atoms with E-state index in [4.69, 9.17) is 4.74 Å². The number of hydrogen-bond acceptors (Lipinski definition) is 5. The van der Waals surface area contributed by atoms with Crippen molar-refractivity contribution in [1.29, 1.82) is 0 Å². The Bertz CT molecular complexity index is 1010. The van der Waals surface area contributed by atoms with E-state index < -0.39 is 11.5 Å². The van der Waals surface area contributed by atoms with Crippen molar-refractivity contribution in [2.24, 2.45) is 11.8 Å². The van der Waals surface area contributed by atoms with Gasteiger partial charge < -0.3 is 14.8 Å². The number of piperidine rings is 2. The summed E-state index contributed by atoms with van der Waals surface area (Å²) in [6, 6.07) is 8.13. The SMILES string of the molecule is COC(=O)C12CC3CC(C(C)O)C1N(CCc1c2[nH]c2ccccc12)C3CC(C)=O. The molecular formula is C24H30N2O4. The van der Waals surface area contributed by atoms with Crippen LogP contribution in [-0.4, -0.2) is 58.6 Å². The van der Waals surface area contributed by atoms with Gasteiger partial charge in [0.05, 0.1) is 13.2 Å². The van der Waals surface area contributed by atoms with Crippen molar-refractivity contribution in [1.82, 2.24) is 9.88 Å². The Kier molecular flexibility index (Phi) is 4.56. The predicted molar refractivity (Wildman–Crippen MR) is 113 cm³/mol. The molecule has 6 nitrogen and oxygen atoms in total. The summed E-state index contributed by atoms with van der Waals surface area (Å²) in [4.78, 5) is 31.6. The lowest BCUT2D eigenvalue weighted by Crippen LogP contribution is -2.72. The molecule has 1 aliphatic carbocycles. The van der Waals surface area contributed by atoms with E-state index in [0.717, 1.165) is 36.0 Å². The molecule has 6 heteroatoms. The first kappa shape index (κ1) is 19.8. The number of aliphatic hydroxyl groups is 1. The topological polar surface area (TPSA) is 82.6 Å². The van der Waals surface area contributed by atoms with Crippen LogP contribution in [-0.2, 0) is 26.2 Å². The Morgan fingerprint density at radius 1 is 1.37 bits per heavy atom. The highest BCUT2D eigenvalue weighted by Gasteiger charge is 2.66. The first-order chi connectivity index (χ1) is 14.4. The van der Waals surface area contributed by atoms with Gasteiger partial charge in [0.25, 0.3) is 0 Å². The number of nitrogens with one attached hydrogen (secondary N) is 1.